The van der Waals surface area contributed by atoms with Gasteiger partial charge in [-0.2, -0.15) is 8.42 Å². The van der Waals surface area contributed by atoms with Crippen LogP contribution in [-0.4, -0.2) is 25.5 Å². The van der Waals surface area contributed by atoms with Gasteiger partial charge in [0.15, 0.2) is 0 Å². The smallest absolute Gasteiger partial charge is 0.381 e. The van der Waals surface area contributed by atoms with Crippen LogP contribution >= 0.6 is 11.8 Å². The minimum absolute atomic E-state index is 0.0984. The second-order valence-corrected chi connectivity index (χ2v) is 9.81. The molecule has 0 radical (unpaired) electrons. The maximum absolute atomic E-state index is 12.7. The number of thioether (sulfide) groups is 1. The van der Waals surface area contributed by atoms with Crippen molar-refractivity contribution in [2.45, 2.75) is 23.6 Å². The fourth-order valence-corrected chi connectivity index (χ4v) is 4.55. The van der Waals surface area contributed by atoms with Crippen LogP contribution in [0.4, 0.5) is 20.9 Å². The van der Waals surface area contributed by atoms with Crippen LogP contribution < -0.4 is 20.1 Å². The number of hydrogen-bond donors (Lipinski definition) is 3. The Morgan fingerprint density at radius 3 is 2.65 bits per heavy atom. The highest BCUT2D eigenvalue weighted by Gasteiger charge is 2.23. The second kappa shape index (κ2) is 9.74. The lowest BCUT2D eigenvalue weighted by Crippen LogP contribution is -2.26. The van der Waals surface area contributed by atoms with Crippen LogP contribution in [0.2, 0.25) is 0 Å². The van der Waals surface area contributed by atoms with Crippen LogP contribution in [0.15, 0.2) is 71.6 Å². The molecule has 0 fully saturated rings. The molecule has 3 aromatic carbocycles. The zero-order valence-electron chi connectivity index (χ0n) is 17.9. The van der Waals surface area contributed by atoms with Gasteiger partial charge in [0.1, 0.15) is 5.75 Å². The van der Waals surface area contributed by atoms with E-state index in [9.17, 15) is 21.9 Å². The minimum atomic E-state index is -5.10. The largest absolute Gasteiger partial charge is 0.488 e. The van der Waals surface area contributed by atoms with Crippen LogP contribution in [-0.2, 0) is 21.8 Å². The molecule has 0 aromatic heterocycles. The maximum Gasteiger partial charge on any atom is 0.488 e. The number of hydrogen-bond acceptors (Lipinski definition) is 7. The predicted molar refractivity (Wildman–Crippen MR) is 129 cm³/mol. The van der Waals surface area contributed by atoms with Crippen molar-refractivity contribution in [2.24, 2.45) is 0 Å². The molecule has 11 heteroatoms. The number of carbonyl (C=O) groups is 2. The van der Waals surface area contributed by atoms with Crippen LogP contribution in [0.5, 0.6) is 5.75 Å². The molecule has 1 unspecified atom stereocenters. The van der Waals surface area contributed by atoms with Gasteiger partial charge >= 0.3 is 10.5 Å². The fourth-order valence-electron chi connectivity index (χ4n) is 3.29. The molecule has 1 aliphatic heterocycles. The number of anilines is 3. The first-order chi connectivity index (χ1) is 16.2. The van der Waals surface area contributed by atoms with Crippen molar-refractivity contribution in [2.75, 3.05) is 16.0 Å². The van der Waals surface area contributed by atoms with Crippen molar-refractivity contribution in [1.29, 1.82) is 0 Å². The Hall–Kier alpha value is -3.57. The lowest BCUT2D eigenvalue weighted by Gasteiger charge is -2.21. The molecule has 0 saturated heterocycles. The number of halogens is 1. The third-order valence-electron chi connectivity index (χ3n) is 4.88. The first-order valence-electron chi connectivity index (χ1n) is 10.2. The van der Waals surface area contributed by atoms with Crippen molar-refractivity contribution in [3.8, 4) is 5.75 Å². The quantitative estimate of drug-likeness (QED) is 0.406. The first kappa shape index (κ1) is 23.6. The summed E-state index contributed by atoms with van der Waals surface area (Å²) < 4.78 is 38.3. The molecule has 0 bridgehead atoms. The van der Waals surface area contributed by atoms with E-state index in [0.29, 0.717) is 29.2 Å². The van der Waals surface area contributed by atoms with Gasteiger partial charge in [-0.3, -0.25) is 9.59 Å². The standard InChI is InChI=1S/C23H20FN3O5S2/c1-14-22(28)27-20-11-16(8-9-21(20)33-14)23(29)26-18-6-2-4-15(10-18)13-25-17-5-3-7-19(12-17)32-34(24,30)31/h2-12,14,25H,13H2,1H3,(H,26,29)(H,27,28). The Morgan fingerprint density at radius 2 is 1.85 bits per heavy atom. The summed E-state index contributed by atoms with van der Waals surface area (Å²) >= 11 is 1.45. The van der Waals surface area contributed by atoms with E-state index in [1.54, 1.807) is 36.4 Å². The molecule has 1 atom stereocenters. The van der Waals surface area contributed by atoms with E-state index >= 15 is 0 Å². The average molecular weight is 502 g/mol. The second-order valence-electron chi connectivity index (χ2n) is 7.47. The number of carbonyl (C=O) groups excluding carboxylic acids is 2. The predicted octanol–water partition coefficient (Wildman–Crippen LogP) is 4.58. The highest BCUT2D eigenvalue weighted by Crippen LogP contribution is 2.36. The van der Waals surface area contributed by atoms with E-state index in [-0.39, 0.29) is 22.8 Å². The van der Waals surface area contributed by atoms with Gasteiger partial charge in [-0.1, -0.05) is 22.1 Å². The molecule has 3 N–H and O–H groups in total. The van der Waals surface area contributed by atoms with Gasteiger partial charge in [0, 0.05) is 34.4 Å². The molecule has 2 amide bonds. The van der Waals surface area contributed by atoms with Gasteiger partial charge < -0.3 is 20.1 Å². The monoisotopic (exact) mass is 501 g/mol. The molecule has 176 valence electrons. The van der Waals surface area contributed by atoms with Crippen molar-refractivity contribution in [1.82, 2.24) is 0 Å². The first-order valence-corrected chi connectivity index (χ1v) is 12.3. The summed E-state index contributed by atoms with van der Waals surface area (Å²) in [4.78, 5) is 25.6. The van der Waals surface area contributed by atoms with Crippen molar-refractivity contribution >= 4 is 51.1 Å². The molecule has 3 aromatic rings. The van der Waals surface area contributed by atoms with E-state index in [1.165, 1.54) is 30.0 Å². The molecular formula is C23H20FN3O5S2. The fraction of sp³-hybridized carbons (Fsp3) is 0.130. The van der Waals surface area contributed by atoms with E-state index in [0.717, 1.165) is 10.5 Å². The summed E-state index contributed by atoms with van der Waals surface area (Å²) in [7, 11) is -5.10. The zero-order chi connectivity index (χ0) is 24.3. The van der Waals surface area contributed by atoms with Gasteiger partial charge in [-0.15, -0.1) is 11.8 Å². The molecule has 8 nitrogen and oxygen atoms in total. The van der Waals surface area contributed by atoms with E-state index in [4.69, 9.17) is 0 Å². The van der Waals surface area contributed by atoms with Gasteiger partial charge in [0.05, 0.1) is 10.9 Å². The average Bonchev–Trinajstić information content (AvgIpc) is 2.77. The van der Waals surface area contributed by atoms with Gasteiger partial charge in [0.2, 0.25) is 5.91 Å². The minimum Gasteiger partial charge on any atom is -0.381 e. The number of fused-ring (bicyclic) bond motifs is 1. The molecule has 34 heavy (non-hydrogen) atoms. The van der Waals surface area contributed by atoms with E-state index < -0.39 is 10.5 Å². The third kappa shape index (κ3) is 6.06. The van der Waals surface area contributed by atoms with E-state index in [1.807, 2.05) is 19.1 Å². The number of amides is 2. The summed E-state index contributed by atoms with van der Waals surface area (Å²) in [5.74, 6) is -0.565. The number of nitrogens with one attached hydrogen (secondary N) is 3. The lowest BCUT2D eigenvalue weighted by molar-refractivity contribution is -0.115. The Morgan fingerprint density at radius 1 is 1.09 bits per heavy atom. The number of rotatable bonds is 7. The molecule has 0 spiro atoms. The molecule has 0 saturated carbocycles. The Bertz CT molecular complexity index is 1360. The lowest BCUT2D eigenvalue weighted by atomic mass is 10.1. The summed E-state index contributed by atoms with van der Waals surface area (Å²) in [5.41, 5.74) is 2.97. The maximum atomic E-state index is 12.7. The van der Waals surface area contributed by atoms with Crippen LogP contribution in [0.25, 0.3) is 0 Å². The van der Waals surface area contributed by atoms with Gasteiger partial charge in [-0.25, -0.2) is 0 Å². The molecule has 1 aliphatic rings. The molecule has 1 heterocycles. The van der Waals surface area contributed by atoms with Gasteiger partial charge in [-0.05, 0) is 55.0 Å². The zero-order valence-corrected chi connectivity index (χ0v) is 19.5. The summed E-state index contributed by atoms with van der Waals surface area (Å²) in [5, 5.41) is 8.56. The van der Waals surface area contributed by atoms with Crippen molar-refractivity contribution in [3.63, 3.8) is 0 Å². The van der Waals surface area contributed by atoms with Gasteiger partial charge in [0.25, 0.3) is 5.91 Å². The Labute approximate surface area is 200 Å². The normalized spacial score (nSPS) is 15.1. The summed E-state index contributed by atoms with van der Waals surface area (Å²) in [6.07, 6.45) is 0. The van der Waals surface area contributed by atoms with Crippen LogP contribution in [0, 0.1) is 0 Å². The topological polar surface area (TPSA) is 114 Å². The number of benzene rings is 3. The SMILES string of the molecule is CC1Sc2ccc(C(=O)Nc3cccc(CNc4cccc(OS(=O)(=O)F)c4)c3)cc2NC1=O. The highest BCUT2D eigenvalue weighted by atomic mass is 32.3. The van der Waals surface area contributed by atoms with Crippen LogP contribution in [0.1, 0.15) is 22.8 Å². The third-order valence-corrected chi connectivity index (χ3v) is 6.45. The Kier molecular flexibility index (Phi) is 6.75. The highest BCUT2D eigenvalue weighted by molar-refractivity contribution is 8.01. The molecular weight excluding hydrogens is 481 g/mol. The van der Waals surface area contributed by atoms with Crippen molar-refractivity contribution < 1.29 is 26.1 Å². The van der Waals surface area contributed by atoms with Crippen LogP contribution in [0.3, 0.4) is 0 Å². The Balaban J connectivity index is 1.40. The summed E-state index contributed by atoms with van der Waals surface area (Å²) in [6.45, 7) is 2.18. The molecule has 4 rings (SSSR count). The summed E-state index contributed by atoms with van der Waals surface area (Å²) in [6, 6.07) is 18.2. The molecule has 0 aliphatic carbocycles. The van der Waals surface area contributed by atoms with Crippen molar-refractivity contribution in [3.05, 3.63) is 77.9 Å². The van der Waals surface area contributed by atoms with E-state index in [2.05, 4.69) is 20.1 Å².